The maximum absolute atomic E-state index is 13.7. The molecule has 47 heavy (non-hydrogen) atoms. The first-order valence-electron chi connectivity index (χ1n) is 15.6. The van der Waals surface area contributed by atoms with Crippen LogP contribution in [0.1, 0.15) is 41.3 Å². The van der Waals surface area contributed by atoms with Crippen molar-refractivity contribution < 1.29 is 33.4 Å². The zero-order valence-corrected chi connectivity index (χ0v) is 26.6. The summed E-state index contributed by atoms with van der Waals surface area (Å²) in [4.78, 5) is 55.1. The first-order valence-corrected chi connectivity index (χ1v) is 15.6. The van der Waals surface area contributed by atoms with Crippen LogP contribution in [-0.2, 0) is 32.1 Å². The van der Waals surface area contributed by atoms with Crippen molar-refractivity contribution in [2.24, 2.45) is 0 Å². The molecule has 0 saturated carbocycles. The molecule has 3 atom stereocenters. The van der Waals surface area contributed by atoms with Crippen LogP contribution in [0.25, 0.3) is 0 Å². The maximum Gasteiger partial charge on any atom is 0.329 e. The van der Waals surface area contributed by atoms with E-state index in [4.69, 9.17) is 14.2 Å². The fraction of sp³-hybridized carbons (Fsp3) is 0.297. The Bertz CT molecular complexity index is 1540. The number of benzene rings is 3. The molecular weight excluding hydrogens is 598 g/mol. The predicted octanol–water partition coefficient (Wildman–Crippen LogP) is 4.40. The van der Waals surface area contributed by atoms with Crippen molar-refractivity contribution in [3.63, 3.8) is 0 Å². The van der Waals surface area contributed by atoms with Gasteiger partial charge in [-0.3, -0.25) is 14.4 Å². The fourth-order valence-corrected chi connectivity index (χ4v) is 5.22. The number of carbonyl (C=O) groups excluding carboxylic acids is 4. The number of likely N-dealkylation sites (tertiary alicyclic amines) is 1. The minimum atomic E-state index is -1.01. The van der Waals surface area contributed by atoms with Gasteiger partial charge in [-0.2, -0.15) is 0 Å². The summed E-state index contributed by atoms with van der Waals surface area (Å²) in [7, 11) is 0. The number of carbonyl (C=O) groups is 4. The summed E-state index contributed by atoms with van der Waals surface area (Å²) in [6.07, 6.45) is 4.40. The molecule has 1 heterocycles. The quantitative estimate of drug-likeness (QED) is 0.176. The van der Waals surface area contributed by atoms with E-state index in [1.54, 1.807) is 55.5 Å². The van der Waals surface area contributed by atoms with Gasteiger partial charge in [0, 0.05) is 13.0 Å². The largest absolute Gasteiger partial charge is 0.490 e. The van der Waals surface area contributed by atoms with Gasteiger partial charge in [-0.25, -0.2) is 4.79 Å². The lowest BCUT2D eigenvalue weighted by Gasteiger charge is -2.28. The standard InChI is InChI=1S/C37H41N3O7/c1-4-22-45-29-19-17-27(18-20-29)24-31(37(44)47-25-28-12-7-6-8-13-28)39-35(42)32-15-11-21-40(32)36(43)26(3)38-34(41)30-14-9-10-16-33(30)46-23-5-2/h4-10,12-14,16-20,26,31-32H,1-2,11,15,21-25H2,3H3,(H,38,41)(H,39,42)/t26-,31-,32-/m0/s1. The van der Waals surface area contributed by atoms with Gasteiger partial charge in [-0.15, -0.1) is 0 Å². The Hall–Kier alpha value is -5.38. The van der Waals surface area contributed by atoms with Crippen molar-refractivity contribution in [2.75, 3.05) is 19.8 Å². The SMILES string of the molecule is C=CCOc1ccc(C[C@H](NC(=O)[C@@H]2CCCN2C(=O)[C@H](C)NC(=O)c2ccccc2OCC=C)C(=O)OCc2ccccc2)cc1. The number of hydrogen-bond acceptors (Lipinski definition) is 7. The molecule has 3 aromatic rings. The van der Waals surface area contributed by atoms with Gasteiger partial charge in [0.15, 0.2) is 0 Å². The van der Waals surface area contributed by atoms with Crippen LogP contribution in [0.2, 0.25) is 0 Å². The summed E-state index contributed by atoms with van der Waals surface area (Å²) in [6.45, 7) is 9.82. The van der Waals surface area contributed by atoms with Crippen molar-refractivity contribution in [1.29, 1.82) is 0 Å². The first kappa shape index (κ1) is 34.5. The molecule has 10 heteroatoms. The molecule has 3 amide bonds. The van der Waals surface area contributed by atoms with Gasteiger partial charge >= 0.3 is 5.97 Å². The Kier molecular flexibility index (Phi) is 12.7. The smallest absolute Gasteiger partial charge is 0.329 e. The average molecular weight is 640 g/mol. The Balaban J connectivity index is 1.44. The highest BCUT2D eigenvalue weighted by Gasteiger charge is 2.38. The summed E-state index contributed by atoms with van der Waals surface area (Å²) < 4.78 is 16.7. The molecule has 10 nitrogen and oxygen atoms in total. The number of rotatable bonds is 16. The van der Waals surface area contributed by atoms with E-state index >= 15 is 0 Å². The van der Waals surface area contributed by atoms with E-state index in [1.807, 2.05) is 42.5 Å². The second kappa shape index (κ2) is 17.4. The predicted molar refractivity (Wildman–Crippen MR) is 178 cm³/mol. The third-order valence-electron chi connectivity index (χ3n) is 7.60. The molecule has 1 aliphatic heterocycles. The van der Waals surface area contributed by atoms with Gasteiger partial charge in [0.25, 0.3) is 5.91 Å². The molecule has 0 unspecified atom stereocenters. The zero-order valence-electron chi connectivity index (χ0n) is 26.6. The molecule has 0 radical (unpaired) electrons. The van der Waals surface area contributed by atoms with Gasteiger partial charge in [0.05, 0.1) is 5.56 Å². The molecule has 4 rings (SSSR count). The van der Waals surface area contributed by atoms with Crippen molar-refractivity contribution in [1.82, 2.24) is 15.5 Å². The molecular formula is C37H41N3O7. The molecule has 0 aliphatic carbocycles. The van der Waals surface area contributed by atoms with Crippen LogP contribution < -0.4 is 20.1 Å². The van der Waals surface area contributed by atoms with Crippen LogP contribution in [0, 0.1) is 0 Å². The van der Waals surface area contributed by atoms with E-state index in [-0.39, 0.29) is 25.2 Å². The Morgan fingerprint density at radius 2 is 1.55 bits per heavy atom. The van der Waals surface area contributed by atoms with Crippen molar-refractivity contribution in [2.45, 2.75) is 50.9 Å². The fourth-order valence-electron chi connectivity index (χ4n) is 5.22. The summed E-state index contributed by atoms with van der Waals surface area (Å²) in [5, 5.41) is 5.58. The summed E-state index contributed by atoms with van der Waals surface area (Å²) >= 11 is 0. The van der Waals surface area contributed by atoms with E-state index in [0.29, 0.717) is 37.5 Å². The molecule has 0 bridgehead atoms. The number of nitrogens with one attached hydrogen (secondary N) is 2. The van der Waals surface area contributed by atoms with Gasteiger partial charge in [-0.05, 0) is 55.2 Å². The normalized spacial score (nSPS) is 15.1. The summed E-state index contributed by atoms with van der Waals surface area (Å²) in [6, 6.07) is 20.4. The monoisotopic (exact) mass is 639 g/mol. The lowest BCUT2D eigenvalue weighted by Crippen LogP contribution is -2.55. The van der Waals surface area contributed by atoms with Crippen LogP contribution in [0.3, 0.4) is 0 Å². The number of amides is 3. The second-order valence-electron chi connectivity index (χ2n) is 11.1. The highest BCUT2D eigenvalue weighted by molar-refractivity contribution is 6.00. The molecule has 246 valence electrons. The van der Waals surface area contributed by atoms with E-state index in [0.717, 1.165) is 11.1 Å². The van der Waals surface area contributed by atoms with E-state index in [9.17, 15) is 19.2 Å². The molecule has 0 aromatic heterocycles. The van der Waals surface area contributed by atoms with Crippen molar-refractivity contribution in [3.8, 4) is 11.5 Å². The lowest BCUT2D eigenvalue weighted by atomic mass is 10.0. The van der Waals surface area contributed by atoms with E-state index in [2.05, 4.69) is 23.8 Å². The number of hydrogen-bond donors (Lipinski definition) is 2. The summed E-state index contributed by atoms with van der Waals surface area (Å²) in [5.74, 6) is -0.929. The topological polar surface area (TPSA) is 123 Å². The number of para-hydroxylation sites is 1. The minimum absolute atomic E-state index is 0.0490. The average Bonchev–Trinajstić information content (AvgIpc) is 3.59. The van der Waals surface area contributed by atoms with Gasteiger partial charge in [0.2, 0.25) is 11.8 Å². The lowest BCUT2D eigenvalue weighted by molar-refractivity contribution is -0.150. The third kappa shape index (κ3) is 9.80. The molecule has 2 N–H and O–H groups in total. The van der Waals surface area contributed by atoms with Crippen LogP contribution >= 0.6 is 0 Å². The zero-order chi connectivity index (χ0) is 33.6. The van der Waals surface area contributed by atoms with Crippen molar-refractivity contribution >= 4 is 23.7 Å². The van der Waals surface area contributed by atoms with E-state index < -0.39 is 41.8 Å². The molecule has 1 saturated heterocycles. The van der Waals surface area contributed by atoms with Crippen LogP contribution in [0.15, 0.2) is 104 Å². The second-order valence-corrected chi connectivity index (χ2v) is 11.1. The number of nitrogens with zero attached hydrogens (tertiary/aromatic N) is 1. The van der Waals surface area contributed by atoms with Gasteiger partial charge < -0.3 is 29.7 Å². The van der Waals surface area contributed by atoms with Crippen LogP contribution in [-0.4, -0.2) is 66.5 Å². The molecule has 3 aromatic carbocycles. The molecule has 0 spiro atoms. The van der Waals surface area contributed by atoms with Crippen LogP contribution in [0.5, 0.6) is 11.5 Å². The Labute approximate surface area is 275 Å². The Morgan fingerprint density at radius 1 is 0.872 bits per heavy atom. The number of ether oxygens (including phenoxy) is 3. The minimum Gasteiger partial charge on any atom is -0.490 e. The maximum atomic E-state index is 13.7. The number of esters is 1. The van der Waals surface area contributed by atoms with Gasteiger partial charge in [0.1, 0.15) is 49.4 Å². The van der Waals surface area contributed by atoms with Crippen molar-refractivity contribution in [3.05, 3.63) is 121 Å². The highest BCUT2D eigenvalue weighted by atomic mass is 16.5. The molecule has 1 aliphatic rings. The molecule has 1 fully saturated rings. The third-order valence-corrected chi connectivity index (χ3v) is 7.60. The van der Waals surface area contributed by atoms with E-state index in [1.165, 1.54) is 4.90 Å². The van der Waals surface area contributed by atoms with Gasteiger partial charge in [-0.1, -0.05) is 79.9 Å². The summed E-state index contributed by atoms with van der Waals surface area (Å²) in [5.41, 5.74) is 1.88. The highest BCUT2D eigenvalue weighted by Crippen LogP contribution is 2.22. The van der Waals surface area contributed by atoms with Crippen LogP contribution in [0.4, 0.5) is 0 Å². The Morgan fingerprint density at radius 3 is 2.28 bits per heavy atom. The first-order chi connectivity index (χ1) is 22.8.